The molecule has 3 aliphatic heterocycles. The topological polar surface area (TPSA) is 107 Å². The maximum atomic E-state index is 13.5. The predicted molar refractivity (Wildman–Crippen MR) is 130 cm³/mol. The molecule has 3 heterocycles. The average molecular weight is 501 g/mol. The van der Waals surface area contributed by atoms with Crippen molar-refractivity contribution in [2.75, 3.05) is 47.4 Å². The molecule has 5 rings (SSSR count). The first-order chi connectivity index (χ1) is 16.2. The van der Waals surface area contributed by atoms with E-state index >= 15 is 0 Å². The molecule has 0 aromatic rings. The molecule has 5 aliphatic rings. The van der Waals surface area contributed by atoms with E-state index in [1.165, 1.54) is 6.42 Å². The highest BCUT2D eigenvalue weighted by Crippen LogP contribution is 2.47. The van der Waals surface area contributed by atoms with Gasteiger partial charge in [-0.2, -0.15) is 0 Å². The zero-order valence-electron chi connectivity index (χ0n) is 21.1. The number of rotatable bonds is 7. The van der Waals surface area contributed by atoms with Crippen LogP contribution in [-0.2, 0) is 19.5 Å². The van der Waals surface area contributed by atoms with E-state index in [9.17, 15) is 8.42 Å². The lowest BCUT2D eigenvalue weighted by Gasteiger charge is -2.50. The van der Waals surface area contributed by atoms with Crippen molar-refractivity contribution in [3.63, 3.8) is 0 Å². The second kappa shape index (κ2) is 9.83. The first kappa shape index (κ1) is 25.3. The van der Waals surface area contributed by atoms with Gasteiger partial charge in [0.15, 0.2) is 0 Å². The van der Waals surface area contributed by atoms with Gasteiger partial charge < -0.3 is 14.8 Å². The summed E-state index contributed by atoms with van der Waals surface area (Å²) in [4.78, 5) is 0. The van der Waals surface area contributed by atoms with Gasteiger partial charge in [-0.25, -0.2) is 23.2 Å². The fourth-order valence-corrected chi connectivity index (χ4v) is 8.75. The Kier molecular flexibility index (Phi) is 7.31. The molecule has 2 saturated carbocycles. The van der Waals surface area contributed by atoms with Crippen LogP contribution in [0.5, 0.6) is 0 Å². The minimum Gasteiger partial charge on any atom is -0.380 e. The smallest absolute Gasteiger partial charge is 0.217 e. The number of hydrogen-bond donors (Lipinski definition) is 4. The Morgan fingerprint density at radius 3 is 2.56 bits per heavy atom. The van der Waals surface area contributed by atoms with Crippen LogP contribution in [0.15, 0.2) is 0 Å². The summed E-state index contributed by atoms with van der Waals surface area (Å²) in [5.74, 6) is 1.81. The molecule has 10 nitrogen and oxygen atoms in total. The predicted octanol–water partition coefficient (Wildman–Crippen LogP) is -0.152. The lowest BCUT2D eigenvalue weighted by atomic mass is 9.64. The van der Waals surface area contributed by atoms with E-state index in [0.29, 0.717) is 30.8 Å². The van der Waals surface area contributed by atoms with Gasteiger partial charge >= 0.3 is 0 Å². The van der Waals surface area contributed by atoms with Crippen molar-refractivity contribution in [1.29, 1.82) is 0 Å². The maximum Gasteiger partial charge on any atom is 0.217 e. The van der Waals surface area contributed by atoms with Gasteiger partial charge in [-0.3, -0.25) is 10.9 Å². The van der Waals surface area contributed by atoms with Crippen molar-refractivity contribution in [3.8, 4) is 0 Å². The fraction of sp³-hybridized carbons (Fsp3) is 1.00. The lowest BCUT2D eigenvalue weighted by molar-refractivity contribution is -0.113. The molecule has 0 bridgehead atoms. The van der Waals surface area contributed by atoms with Crippen LogP contribution in [0.1, 0.15) is 45.4 Å². The number of fused-ring (bicyclic) bond motifs is 1. The van der Waals surface area contributed by atoms with Gasteiger partial charge in [0.05, 0.1) is 23.9 Å². The molecule has 2 aliphatic carbocycles. The molecule has 0 spiro atoms. The SMILES string of the molecule is COC1CCC2CNN(C)C2C1NS(=O)(=O)C1CNN(C2CC(C3CC(C)(OC)C3)CCN2)C1. The molecule has 196 valence electrons. The minimum atomic E-state index is -3.51. The molecule has 34 heavy (non-hydrogen) atoms. The van der Waals surface area contributed by atoms with Crippen molar-refractivity contribution < 1.29 is 17.9 Å². The molecule has 7 unspecified atom stereocenters. The highest BCUT2D eigenvalue weighted by molar-refractivity contribution is 7.90. The van der Waals surface area contributed by atoms with Crippen LogP contribution in [-0.4, -0.2) is 101 Å². The van der Waals surface area contributed by atoms with Crippen molar-refractivity contribution in [2.45, 2.75) is 80.7 Å². The first-order valence-electron chi connectivity index (χ1n) is 13.0. The number of likely N-dealkylation sites (N-methyl/N-ethyl adjacent to an activating group) is 1. The number of ether oxygens (including phenoxy) is 2. The Hall–Kier alpha value is -0.370. The highest BCUT2D eigenvalue weighted by Gasteiger charge is 2.49. The third-order valence-corrected chi connectivity index (χ3v) is 11.2. The molecular formula is C23H44N6O4S. The molecule has 7 atom stereocenters. The monoisotopic (exact) mass is 500 g/mol. The summed E-state index contributed by atoms with van der Waals surface area (Å²) >= 11 is 0. The van der Waals surface area contributed by atoms with E-state index in [4.69, 9.17) is 9.47 Å². The fourth-order valence-electron chi connectivity index (χ4n) is 7.24. The minimum absolute atomic E-state index is 0.0445. The maximum absolute atomic E-state index is 13.5. The van der Waals surface area contributed by atoms with Crippen molar-refractivity contribution >= 4 is 10.0 Å². The van der Waals surface area contributed by atoms with Gasteiger partial charge in [0.2, 0.25) is 10.0 Å². The number of sulfonamides is 1. The summed E-state index contributed by atoms with van der Waals surface area (Å²) in [7, 11) is 2.00. The van der Waals surface area contributed by atoms with Gasteiger partial charge in [0.1, 0.15) is 5.25 Å². The number of nitrogens with zero attached hydrogens (tertiary/aromatic N) is 2. The summed E-state index contributed by atoms with van der Waals surface area (Å²) in [6, 6.07) is -0.131. The Bertz CT molecular complexity index is 824. The molecule has 3 saturated heterocycles. The Morgan fingerprint density at radius 2 is 1.82 bits per heavy atom. The number of piperidine rings is 1. The second-order valence-corrected chi connectivity index (χ2v) is 13.5. The van der Waals surface area contributed by atoms with Crippen molar-refractivity contribution in [2.24, 2.45) is 17.8 Å². The number of hydrogen-bond acceptors (Lipinski definition) is 9. The summed E-state index contributed by atoms with van der Waals surface area (Å²) in [5.41, 5.74) is 6.82. The zero-order valence-corrected chi connectivity index (χ0v) is 21.9. The van der Waals surface area contributed by atoms with Crippen LogP contribution in [0, 0.1) is 17.8 Å². The quantitative estimate of drug-likeness (QED) is 0.380. The van der Waals surface area contributed by atoms with E-state index in [1.54, 1.807) is 7.11 Å². The van der Waals surface area contributed by atoms with E-state index in [1.807, 2.05) is 14.2 Å². The highest BCUT2D eigenvalue weighted by atomic mass is 32.2. The Labute approximate surface area is 204 Å². The van der Waals surface area contributed by atoms with Crippen molar-refractivity contribution in [1.82, 2.24) is 30.9 Å². The third kappa shape index (κ3) is 4.80. The molecule has 0 radical (unpaired) electrons. The lowest BCUT2D eigenvalue weighted by Crippen LogP contribution is -2.61. The van der Waals surface area contributed by atoms with Gasteiger partial charge in [0.25, 0.3) is 0 Å². The summed E-state index contributed by atoms with van der Waals surface area (Å²) < 4.78 is 41.5. The molecule has 11 heteroatoms. The summed E-state index contributed by atoms with van der Waals surface area (Å²) in [5, 5.41) is 7.34. The average Bonchev–Trinajstić information content (AvgIpc) is 3.45. The number of hydrazine groups is 2. The van der Waals surface area contributed by atoms with E-state index < -0.39 is 15.3 Å². The first-order valence-corrected chi connectivity index (χ1v) is 14.6. The van der Waals surface area contributed by atoms with Gasteiger partial charge in [-0.15, -0.1) is 0 Å². The van der Waals surface area contributed by atoms with Crippen LogP contribution in [0.25, 0.3) is 0 Å². The van der Waals surface area contributed by atoms with Crippen molar-refractivity contribution in [3.05, 3.63) is 0 Å². The third-order valence-electron chi connectivity index (χ3n) is 9.43. The normalized spacial score (nSPS) is 46.4. The van der Waals surface area contributed by atoms with E-state index in [2.05, 4.69) is 37.8 Å². The number of methoxy groups -OCH3 is 2. The van der Waals surface area contributed by atoms with Crippen LogP contribution in [0.4, 0.5) is 0 Å². The zero-order chi connectivity index (χ0) is 24.1. The Balaban J connectivity index is 1.19. The molecule has 0 aromatic heterocycles. The molecule has 0 amide bonds. The van der Waals surface area contributed by atoms with Gasteiger partial charge in [-0.1, -0.05) is 0 Å². The second-order valence-electron chi connectivity index (χ2n) is 11.5. The molecular weight excluding hydrogens is 456 g/mol. The van der Waals surface area contributed by atoms with E-state index in [-0.39, 0.29) is 30.0 Å². The largest absolute Gasteiger partial charge is 0.380 e. The van der Waals surface area contributed by atoms with Gasteiger partial charge in [0, 0.05) is 46.9 Å². The molecule has 0 aromatic carbocycles. The van der Waals surface area contributed by atoms with Crippen LogP contribution in [0.3, 0.4) is 0 Å². The summed E-state index contributed by atoms with van der Waals surface area (Å²) in [6.45, 7) is 5.01. The van der Waals surface area contributed by atoms with Gasteiger partial charge in [-0.05, 0) is 69.7 Å². The van der Waals surface area contributed by atoms with Crippen LogP contribution in [0.2, 0.25) is 0 Å². The molecule has 5 fully saturated rings. The summed E-state index contributed by atoms with van der Waals surface area (Å²) in [6.07, 6.45) is 6.48. The number of nitrogens with one attached hydrogen (secondary N) is 4. The van der Waals surface area contributed by atoms with Crippen LogP contribution >= 0.6 is 0 Å². The standard InChI is InChI=1S/C23H44N6O4S/c1-23(33-4)10-17(11-23)15-7-8-24-20(9-15)29-14-18(13-26-29)34(30,31)27-21-19(32-3)6-5-16-12-25-28(2)22(16)21/h15-22,24-27H,5-14H2,1-4H3. The van der Waals surface area contributed by atoms with Crippen LogP contribution < -0.4 is 20.9 Å². The molecule has 4 N–H and O–H groups in total. The van der Waals surface area contributed by atoms with E-state index in [0.717, 1.165) is 45.2 Å². The Morgan fingerprint density at radius 1 is 1.03 bits per heavy atom.